The van der Waals surface area contributed by atoms with Crippen molar-refractivity contribution in [3.63, 3.8) is 0 Å². The van der Waals surface area contributed by atoms with Crippen molar-refractivity contribution in [3.8, 4) is 11.5 Å². The molecule has 0 amide bonds. The van der Waals surface area contributed by atoms with Crippen LogP contribution in [0, 0.1) is 0 Å². The van der Waals surface area contributed by atoms with Crippen molar-refractivity contribution in [2.24, 2.45) is 0 Å². The summed E-state index contributed by atoms with van der Waals surface area (Å²) >= 11 is 0. The molecule has 0 radical (unpaired) electrons. The molecule has 10 heteroatoms. The van der Waals surface area contributed by atoms with Crippen LogP contribution in [0.3, 0.4) is 0 Å². The molecule has 0 saturated carbocycles. The van der Waals surface area contributed by atoms with Crippen LogP contribution in [-0.4, -0.2) is 45.0 Å². The summed E-state index contributed by atoms with van der Waals surface area (Å²) in [4.78, 5) is 15.0. The Bertz CT molecular complexity index is 912. The monoisotopic (exact) mass is 366 g/mol. The van der Waals surface area contributed by atoms with E-state index in [1.807, 2.05) is 0 Å². The Kier molecular flexibility index (Phi) is 5.16. The van der Waals surface area contributed by atoms with Crippen LogP contribution in [0.15, 0.2) is 21.5 Å². The Labute approximate surface area is 149 Å². The predicted octanol–water partition coefficient (Wildman–Crippen LogP) is 1.11. The van der Waals surface area contributed by atoms with Gasteiger partial charge in [0.25, 0.3) is 11.4 Å². The van der Waals surface area contributed by atoms with Crippen molar-refractivity contribution in [2.45, 2.75) is 25.4 Å². The summed E-state index contributed by atoms with van der Waals surface area (Å²) in [5.41, 5.74) is 1.94. The number of H-pyrrole nitrogens is 1. The zero-order valence-corrected chi connectivity index (χ0v) is 14.5. The maximum Gasteiger partial charge on any atom is 0.253 e. The quantitative estimate of drug-likeness (QED) is 0.711. The molecular weight excluding hydrogens is 348 g/mol. The van der Waals surface area contributed by atoms with Gasteiger partial charge in [-0.3, -0.25) is 4.79 Å². The van der Waals surface area contributed by atoms with Gasteiger partial charge < -0.3 is 19.5 Å². The van der Waals surface area contributed by atoms with Gasteiger partial charge in [-0.2, -0.15) is 5.10 Å². The van der Waals surface area contributed by atoms with Crippen LogP contribution in [0.4, 0.5) is 0 Å². The lowest BCUT2D eigenvalue weighted by Crippen LogP contribution is -2.28. The van der Waals surface area contributed by atoms with E-state index in [9.17, 15) is 4.79 Å². The zero-order chi connectivity index (χ0) is 16.5. The van der Waals surface area contributed by atoms with Crippen molar-refractivity contribution in [3.05, 3.63) is 34.2 Å². The van der Waals surface area contributed by atoms with E-state index in [4.69, 9.17) is 9.15 Å². The Morgan fingerprint density at radius 3 is 2.92 bits per heavy atom. The molecule has 1 fully saturated rings. The fraction of sp³-hybridized carbons (Fsp3) is 0.467. The second-order valence-corrected chi connectivity index (χ2v) is 5.84. The van der Waals surface area contributed by atoms with Gasteiger partial charge in [-0.05, 0) is 25.9 Å². The standard InChI is InChI=1S/C15H18N6O3.ClH/c1-23-8-13-19-20-15(24-13)10-7-17-21-11(6-12(22)18-14(10)21)9-2-4-16-5-3-9;/h6-7,9,16H,2-5,8H2,1H3,(H,18,22);1H. The van der Waals surface area contributed by atoms with E-state index in [1.165, 1.54) is 0 Å². The fourth-order valence-corrected chi connectivity index (χ4v) is 3.12. The first-order chi connectivity index (χ1) is 11.8. The van der Waals surface area contributed by atoms with E-state index >= 15 is 0 Å². The molecule has 3 aromatic rings. The minimum atomic E-state index is -0.158. The highest BCUT2D eigenvalue weighted by molar-refractivity contribution is 5.85. The molecule has 3 aromatic heterocycles. The van der Waals surface area contributed by atoms with E-state index < -0.39 is 0 Å². The number of aromatic amines is 1. The summed E-state index contributed by atoms with van der Waals surface area (Å²) in [6, 6.07) is 1.63. The van der Waals surface area contributed by atoms with Gasteiger partial charge in [-0.1, -0.05) is 0 Å². The lowest BCUT2D eigenvalue weighted by Gasteiger charge is -2.23. The number of halogens is 1. The number of nitrogens with one attached hydrogen (secondary N) is 2. The Hall–Kier alpha value is -2.23. The fourth-order valence-electron chi connectivity index (χ4n) is 3.12. The molecule has 1 aliphatic rings. The van der Waals surface area contributed by atoms with Gasteiger partial charge in [0.15, 0.2) is 0 Å². The minimum Gasteiger partial charge on any atom is -0.418 e. The van der Waals surface area contributed by atoms with Gasteiger partial charge in [0.2, 0.25) is 5.89 Å². The van der Waals surface area contributed by atoms with Gasteiger partial charge in [-0.15, -0.1) is 22.6 Å². The zero-order valence-electron chi connectivity index (χ0n) is 13.7. The first-order valence-electron chi connectivity index (χ1n) is 7.89. The number of aromatic nitrogens is 5. The van der Waals surface area contributed by atoms with E-state index in [0.29, 0.717) is 28.9 Å². The van der Waals surface area contributed by atoms with Crippen molar-refractivity contribution >= 4 is 18.1 Å². The van der Waals surface area contributed by atoms with Crippen LogP contribution < -0.4 is 10.9 Å². The smallest absolute Gasteiger partial charge is 0.253 e. The van der Waals surface area contributed by atoms with Crippen LogP contribution in [0.5, 0.6) is 0 Å². The van der Waals surface area contributed by atoms with Gasteiger partial charge >= 0.3 is 0 Å². The van der Waals surface area contributed by atoms with E-state index in [2.05, 4.69) is 25.6 Å². The third-order valence-electron chi connectivity index (χ3n) is 4.26. The van der Waals surface area contributed by atoms with Crippen molar-refractivity contribution in [1.29, 1.82) is 0 Å². The molecule has 1 saturated heterocycles. The number of methoxy groups -OCH3 is 1. The number of hydrogen-bond acceptors (Lipinski definition) is 7. The van der Waals surface area contributed by atoms with Crippen LogP contribution in [0.25, 0.3) is 17.1 Å². The molecule has 0 aromatic carbocycles. The highest BCUT2D eigenvalue weighted by atomic mass is 35.5. The average molecular weight is 367 g/mol. The summed E-state index contributed by atoms with van der Waals surface area (Å²) < 4.78 is 12.3. The van der Waals surface area contributed by atoms with Crippen LogP contribution in [-0.2, 0) is 11.3 Å². The highest BCUT2D eigenvalue weighted by Gasteiger charge is 2.22. The largest absolute Gasteiger partial charge is 0.418 e. The van der Waals surface area contributed by atoms with E-state index in [1.54, 1.807) is 23.9 Å². The molecule has 0 atom stereocenters. The summed E-state index contributed by atoms with van der Waals surface area (Å²) in [5, 5.41) is 15.7. The minimum absolute atomic E-state index is 0. The van der Waals surface area contributed by atoms with Gasteiger partial charge in [0, 0.05) is 19.1 Å². The Balaban J connectivity index is 0.00000182. The van der Waals surface area contributed by atoms with Crippen LogP contribution >= 0.6 is 12.4 Å². The molecule has 134 valence electrons. The topological polar surface area (TPSA) is 110 Å². The maximum absolute atomic E-state index is 12.1. The second-order valence-electron chi connectivity index (χ2n) is 5.84. The van der Waals surface area contributed by atoms with E-state index in [-0.39, 0.29) is 24.6 Å². The summed E-state index contributed by atoms with van der Waals surface area (Å²) in [7, 11) is 1.56. The molecule has 4 heterocycles. The molecule has 0 bridgehead atoms. The average Bonchev–Trinajstić information content (AvgIpc) is 3.22. The van der Waals surface area contributed by atoms with Gasteiger partial charge in [0.05, 0.1) is 11.9 Å². The second kappa shape index (κ2) is 7.34. The normalized spacial score (nSPS) is 15.4. The maximum atomic E-state index is 12.1. The van der Waals surface area contributed by atoms with Crippen molar-refractivity contribution < 1.29 is 9.15 Å². The Morgan fingerprint density at radius 1 is 1.36 bits per heavy atom. The number of fused-ring (bicyclic) bond motifs is 1. The lowest BCUT2D eigenvalue weighted by atomic mass is 9.94. The summed E-state index contributed by atoms with van der Waals surface area (Å²) in [6.07, 6.45) is 3.60. The molecule has 25 heavy (non-hydrogen) atoms. The first-order valence-corrected chi connectivity index (χ1v) is 7.89. The molecule has 4 rings (SSSR count). The molecular formula is C15H19ClN6O3. The molecule has 0 aliphatic carbocycles. The van der Waals surface area contributed by atoms with E-state index in [0.717, 1.165) is 31.6 Å². The third-order valence-corrected chi connectivity index (χ3v) is 4.26. The third kappa shape index (κ3) is 3.30. The highest BCUT2D eigenvalue weighted by Crippen LogP contribution is 2.27. The molecule has 1 aliphatic heterocycles. The molecule has 9 nitrogen and oxygen atoms in total. The number of rotatable bonds is 4. The van der Waals surface area contributed by atoms with Crippen molar-refractivity contribution in [1.82, 2.24) is 30.1 Å². The molecule has 2 N–H and O–H groups in total. The number of ether oxygens (including phenoxy) is 1. The van der Waals surface area contributed by atoms with Crippen LogP contribution in [0.1, 0.15) is 30.3 Å². The number of hydrogen-bond donors (Lipinski definition) is 2. The number of nitrogens with zero attached hydrogens (tertiary/aromatic N) is 4. The lowest BCUT2D eigenvalue weighted by molar-refractivity contribution is 0.160. The molecule has 0 unspecified atom stereocenters. The van der Waals surface area contributed by atoms with Gasteiger partial charge in [0.1, 0.15) is 17.8 Å². The predicted molar refractivity (Wildman–Crippen MR) is 91.9 cm³/mol. The van der Waals surface area contributed by atoms with Crippen LogP contribution in [0.2, 0.25) is 0 Å². The van der Waals surface area contributed by atoms with Crippen molar-refractivity contribution in [2.75, 3.05) is 20.2 Å². The summed E-state index contributed by atoms with van der Waals surface area (Å²) in [5.74, 6) is 0.995. The summed E-state index contributed by atoms with van der Waals surface area (Å²) in [6.45, 7) is 2.12. The first kappa shape index (κ1) is 17.6. The SMILES string of the molecule is COCc1nnc(-c2cnn3c(C4CCNCC4)cc(=O)[nH]c23)o1.Cl. The number of piperidine rings is 1. The van der Waals surface area contributed by atoms with Gasteiger partial charge in [-0.25, -0.2) is 4.52 Å². The Morgan fingerprint density at radius 2 is 2.16 bits per heavy atom. The molecule has 0 spiro atoms.